The van der Waals surface area contributed by atoms with Crippen molar-refractivity contribution < 1.29 is 8.95 Å². The maximum absolute atomic E-state index is 12.8. The fourth-order valence-electron chi connectivity index (χ4n) is 2.51. The molecule has 3 rings (SSSR count). The van der Waals surface area contributed by atoms with Gasteiger partial charge in [-0.15, -0.1) is 0 Å². The van der Waals surface area contributed by atoms with E-state index >= 15 is 0 Å². The molecule has 1 heterocycles. The molecule has 24 heavy (non-hydrogen) atoms. The standard InChI is InChI=1S/C17H18ClN3O2S/c1-21(2)16-6-4-5-13(18)12(16)10-24(22)17-19-14-8-7-11(23-3)9-15(14)20-17/h4-9H,10H2,1-3H3,(H,19,20). The van der Waals surface area contributed by atoms with E-state index in [-0.39, 0.29) is 0 Å². The summed E-state index contributed by atoms with van der Waals surface area (Å²) in [5.74, 6) is 1.02. The monoisotopic (exact) mass is 363 g/mol. The number of hydrogen-bond donors (Lipinski definition) is 1. The van der Waals surface area contributed by atoms with Crippen molar-refractivity contribution in [2.24, 2.45) is 0 Å². The zero-order valence-corrected chi connectivity index (χ0v) is 15.2. The normalized spacial score (nSPS) is 12.3. The minimum Gasteiger partial charge on any atom is -0.497 e. The molecule has 126 valence electrons. The summed E-state index contributed by atoms with van der Waals surface area (Å²) in [4.78, 5) is 9.49. The maximum atomic E-state index is 12.8. The van der Waals surface area contributed by atoms with Crippen molar-refractivity contribution in [1.82, 2.24) is 9.97 Å². The largest absolute Gasteiger partial charge is 0.497 e. The number of aromatic amines is 1. The number of fused-ring (bicyclic) bond motifs is 1. The zero-order chi connectivity index (χ0) is 17.3. The van der Waals surface area contributed by atoms with Crippen molar-refractivity contribution in [2.45, 2.75) is 10.9 Å². The Morgan fingerprint density at radius 1 is 1.29 bits per heavy atom. The number of nitrogens with one attached hydrogen (secondary N) is 1. The number of hydrogen-bond acceptors (Lipinski definition) is 4. The maximum Gasteiger partial charge on any atom is 0.197 e. The third-order valence-corrected chi connectivity index (χ3v) is 5.26. The van der Waals surface area contributed by atoms with E-state index in [1.54, 1.807) is 7.11 Å². The second kappa shape index (κ2) is 6.83. The highest BCUT2D eigenvalue weighted by molar-refractivity contribution is 7.84. The van der Waals surface area contributed by atoms with Gasteiger partial charge in [0.2, 0.25) is 0 Å². The number of ether oxygens (including phenoxy) is 1. The summed E-state index contributed by atoms with van der Waals surface area (Å²) in [5, 5.41) is 1.04. The van der Waals surface area contributed by atoms with Crippen molar-refractivity contribution in [2.75, 3.05) is 26.1 Å². The number of aromatic nitrogens is 2. The van der Waals surface area contributed by atoms with E-state index < -0.39 is 10.8 Å². The highest BCUT2D eigenvalue weighted by Crippen LogP contribution is 2.29. The number of anilines is 1. The molecule has 1 N–H and O–H groups in total. The molecular weight excluding hydrogens is 346 g/mol. The molecular formula is C17H18ClN3O2S. The Morgan fingerprint density at radius 2 is 2.08 bits per heavy atom. The fraction of sp³-hybridized carbons (Fsp3) is 0.235. The molecule has 1 unspecified atom stereocenters. The molecule has 0 bridgehead atoms. The van der Waals surface area contributed by atoms with E-state index in [2.05, 4.69) is 9.97 Å². The molecule has 5 nitrogen and oxygen atoms in total. The van der Waals surface area contributed by atoms with Crippen molar-refractivity contribution in [3.63, 3.8) is 0 Å². The van der Waals surface area contributed by atoms with Gasteiger partial charge < -0.3 is 14.6 Å². The Bertz CT molecular complexity index is 908. The molecule has 1 aromatic heterocycles. The van der Waals surface area contributed by atoms with Crippen LogP contribution in [0.15, 0.2) is 41.6 Å². The highest BCUT2D eigenvalue weighted by Gasteiger charge is 2.16. The number of halogens is 1. The molecule has 7 heteroatoms. The number of imidazole rings is 1. The predicted molar refractivity (Wildman–Crippen MR) is 98.5 cm³/mol. The second-order valence-electron chi connectivity index (χ2n) is 5.55. The SMILES string of the molecule is COc1ccc2nc(S(=O)Cc3c(Cl)cccc3N(C)C)[nH]c2c1. The number of nitrogens with zero attached hydrogens (tertiary/aromatic N) is 2. The average molecular weight is 364 g/mol. The third kappa shape index (κ3) is 3.25. The Hall–Kier alpha value is -2.05. The summed E-state index contributed by atoms with van der Waals surface area (Å²) < 4.78 is 18.0. The molecule has 0 fully saturated rings. The van der Waals surface area contributed by atoms with E-state index in [9.17, 15) is 4.21 Å². The number of methoxy groups -OCH3 is 1. The first-order valence-electron chi connectivity index (χ1n) is 7.36. The number of H-pyrrole nitrogens is 1. The summed E-state index contributed by atoms with van der Waals surface area (Å²) in [6, 6.07) is 11.2. The van der Waals surface area contributed by atoms with Crippen molar-refractivity contribution in [1.29, 1.82) is 0 Å². The summed E-state index contributed by atoms with van der Waals surface area (Å²) in [6.07, 6.45) is 0. The van der Waals surface area contributed by atoms with Crippen LogP contribution in [0.3, 0.4) is 0 Å². The molecule has 0 spiro atoms. The summed E-state index contributed by atoms with van der Waals surface area (Å²) in [7, 11) is 4.15. The second-order valence-corrected chi connectivity index (χ2v) is 7.32. The van der Waals surface area contributed by atoms with Crippen LogP contribution in [-0.4, -0.2) is 35.4 Å². The van der Waals surface area contributed by atoms with Crippen LogP contribution in [0.2, 0.25) is 5.02 Å². The third-order valence-electron chi connectivity index (χ3n) is 3.73. The first-order chi connectivity index (χ1) is 11.5. The van der Waals surface area contributed by atoms with E-state index in [0.717, 1.165) is 28.0 Å². The average Bonchev–Trinajstić information content (AvgIpc) is 2.99. The van der Waals surface area contributed by atoms with Crippen LogP contribution in [0.1, 0.15) is 5.56 Å². The molecule has 0 amide bonds. The minimum atomic E-state index is -1.33. The molecule has 3 aromatic rings. The Labute approximate surface area is 148 Å². The lowest BCUT2D eigenvalue weighted by Gasteiger charge is -2.18. The topological polar surface area (TPSA) is 58.2 Å². The van der Waals surface area contributed by atoms with Crippen molar-refractivity contribution in [3.8, 4) is 5.75 Å². The molecule has 0 radical (unpaired) electrons. The number of rotatable bonds is 5. The van der Waals surface area contributed by atoms with Crippen molar-refractivity contribution in [3.05, 3.63) is 47.0 Å². The first-order valence-corrected chi connectivity index (χ1v) is 9.06. The Kier molecular flexibility index (Phi) is 4.78. The van der Waals surface area contributed by atoms with Crippen molar-refractivity contribution >= 4 is 39.1 Å². The summed E-state index contributed by atoms with van der Waals surface area (Å²) in [6.45, 7) is 0. The smallest absolute Gasteiger partial charge is 0.197 e. The lowest BCUT2D eigenvalue weighted by molar-refractivity contribution is 0.415. The lowest BCUT2D eigenvalue weighted by atomic mass is 10.2. The number of benzene rings is 2. The van der Waals surface area contributed by atoms with Crippen LogP contribution in [0.5, 0.6) is 5.75 Å². The molecule has 0 aliphatic rings. The van der Waals surface area contributed by atoms with E-state index in [4.69, 9.17) is 16.3 Å². The van der Waals surface area contributed by atoms with E-state index in [1.807, 2.05) is 55.4 Å². The highest BCUT2D eigenvalue weighted by atomic mass is 35.5. The van der Waals surface area contributed by atoms with E-state index in [1.165, 1.54) is 0 Å². The van der Waals surface area contributed by atoms with Gasteiger partial charge in [-0.05, 0) is 24.3 Å². The van der Waals surface area contributed by atoms with E-state index in [0.29, 0.717) is 15.9 Å². The molecule has 0 aliphatic heterocycles. The van der Waals surface area contributed by atoms with Gasteiger partial charge in [0.15, 0.2) is 5.16 Å². The van der Waals surface area contributed by atoms with Gasteiger partial charge in [-0.2, -0.15) is 0 Å². The van der Waals surface area contributed by atoms with Gasteiger partial charge >= 0.3 is 0 Å². The van der Waals surface area contributed by atoms with Crippen LogP contribution >= 0.6 is 11.6 Å². The molecule has 0 aliphatic carbocycles. The Balaban J connectivity index is 1.93. The van der Waals surface area contributed by atoms with Gasteiger partial charge in [0, 0.05) is 36.4 Å². The summed E-state index contributed by atoms with van der Waals surface area (Å²) >= 11 is 6.32. The fourth-order valence-corrected chi connectivity index (χ4v) is 3.95. The van der Waals surface area contributed by atoms with Crippen LogP contribution in [0.25, 0.3) is 11.0 Å². The molecule has 0 saturated heterocycles. The van der Waals surface area contributed by atoms with Crippen LogP contribution in [-0.2, 0) is 16.6 Å². The predicted octanol–water partition coefficient (Wildman–Crippen LogP) is 3.60. The first kappa shape index (κ1) is 16.8. The Morgan fingerprint density at radius 3 is 2.79 bits per heavy atom. The molecule has 2 aromatic carbocycles. The van der Waals surface area contributed by atoms with Gasteiger partial charge in [0.1, 0.15) is 5.75 Å². The summed E-state index contributed by atoms with van der Waals surface area (Å²) in [5.41, 5.74) is 3.35. The zero-order valence-electron chi connectivity index (χ0n) is 13.7. The molecule has 1 atom stereocenters. The quantitative estimate of drug-likeness (QED) is 0.752. The van der Waals surface area contributed by atoms with Gasteiger partial charge in [-0.1, -0.05) is 17.7 Å². The van der Waals surface area contributed by atoms with Gasteiger partial charge in [-0.25, -0.2) is 4.98 Å². The molecule has 0 saturated carbocycles. The lowest BCUT2D eigenvalue weighted by Crippen LogP contribution is -2.12. The van der Waals surface area contributed by atoms with Crippen LogP contribution < -0.4 is 9.64 Å². The van der Waals surface area contributed by atoms with Gasteiger partial charge in [0.05, 0.1) is 34.7 Å². The van der Waals surface area contributed by atoms with Gasteiger partial charge in [-0.3, -0.25) is 4.21 Å². The van der Waals surface area contributed by atoms with Gasteiger partial charge in [0.25, 0.3) is 0 Å². The minimum absolute atomic E-state index is 0.296. The van der Waals surface area contributed by atoms with Crippen LogP contribution in [0.4, 0.5) is 5.69 Å². The van der Waals surface area contributed by atoms with Crippen LogP contribution in [0, 0.1) is 0 Å².